The topological polar surface area (TPSA) is 104 Å². The molecule has 0 saturated heterocycles. The molecule has 1 unspecified atom stereocenters. The monoisotopic (exact) mass is 260 g/mol. The maximum atomic E-state index is 11.8. The van der Waals surface area contributed by atoms with Crippen molar-refractivity contribution in [3.05, 3.63) is 48.0 Å². The number of imidazole rings is 1. The minimum Gasteiger partial charge on any atom is -0.508 e. The first-order valence-corrected chi connectivity index (χ1v) is 5.93. The van der Waals surface area contributed by atoms with Crippen LogP contribution in [0.4, 0.5) is 0 Å². The number of phenols is 1. The first-order chi connectivity index (χ1) is 9.15. The van der Waals surface area contributed by atoms with E-state index < -0.39 is 6.04 Å². The van der Waals surface area contributed by atoms with Crippen molar-refractivity contribution < 1.29 is 9.90 Å². The summed E-state index contributed by atoms with van der Waals surface area (Å²) in [6, 6.07) is 6.02. The average molecular weight is 260 g/mol. The molecule has 1 amide bonds. The summed E-state index contributed by atoms with van der Waals surface area (Å²) < 4.78 is 0. The molecule has 2 aromatic rings. The number of hydrogen-bond acceptors (Lipinski definition) is 4. The van der Waals surface area contributed by atoms with Crippen molar-refractivity contribution in [3.63, 3.8) is 0 Å². The predicted molar refractivity (Wildman–Crippen MR) is 70.2 cm³/mol. The highest BCUT2D eigenvalue weighted by molar-refractivity contribution is 5.81. The van der Waals surface area contributed by atoms with E-state index in [4.69, 9.17) is 10.8 Å². The van der Waals surface area contributed by atoms with Crippen LogP contribution in [0.2, 0.25) is 0 Å². The Morgan fingerprint density at radius 2 is 2.16 bits per heavy atom. The van der Waals surface area contributed by atoms with Gasteiger partial charge in [0.05, 0.1) is 24.6 Å². The molecule has 0 aliphatic rings. The third-order valence-electron chi connectivity index (χ3n) is 2.74. The predicted octanol–water partition coefficient (Wildman–Crippen LogP) is 0.301. The molecular formula is C13H16N4O2. The summed E-state index contributed by atoms with van der Waals surface area (Å²) in [4.78, 5) is 18.5. The standard InChI is InChI=1S/C13H16N4O2/c14-12(5-9-1-3-11(18)4-2-9)13(19)16-7-10-6-15-8-17-10/h1-4,6,8,12,18H,5,7,14H2,(H,15,17)(H,16,19). The number of aromatic hydroxyl groups is 1. The number of carbonyl (C=O) groups is 1. The highest BCUT2D eigenvalue weighted by Crippen LogP contribution is 2.10. The summed E-state index contributed by atoms with van der Waals surface area (Å²) >= 11 is 0. The molecular weight excluding hydrogens is 244 g/mol. The van der Waals surface area contributed by atoms with Gasteiger partial charge in [-0.25, -0.2) is 4.98 Å². The van der Waals surface area contributed by atoms with Crippen molar-refractivity contribution in [3.8, 4) is 5.75 Å². The van der Waals surface area contributed by atoms with Crippen molar-refractivity contribution in [2.45, 2.75) is 19.0 Å². The SMILES string of the molecule is NC(Cc1ccc(O)cc1)C(=O)NCc1cnc[nH]1. The maximum absolute atomic E-state index is 11.8. The fraction of sp³-hybridized carbons (Fsp3) is 0.231. The zero-order chi connectivity index (χ0) is 13.7. The smallest absolute Gasteiger partial charge is 0.237 e. The fourth-order valence-corrected chi connectivity index (χ4v) is 1.67. The number of amides is 1. The number of nitrogens with zero attached hydrogens (tertiary/aromatic N) is 1. The summed E-state index contributed by atoms with van der Waals surface area (Å²) in [6.45, 7) is 0.377. The molecule has 5 N–H and O–H groups in total. The number of hydrogen-bond donors (Lipinski definition) is 4. The molecule has 0 fully saturated rings. The van der Waals surface area contributed by atoms with Gasteiger partial charge >= 0.3 is 0 Å². The molecule has 1 aromatic carbocycles. The number of nitrogens with two attached hydrogens (primary N) is 1. The molecule has 0 aliphatic carbocycles. The number of benzene rings is 1. The zero-order valence-electron chi connectivity index (χ0n) is 10.3. The van der Waals surface area contributed by atoms with Gasteiger partial charge in [0.25, 0.3) is 0 Å². The van der Waals surface area contributed by atoms with Crippen LogP contribution in [0.5, 0.6) is 5.75 Å². The van der Waals surface area contributed by atoms with Gasteiger partial charge in [0.2, 0.25) is 5.91 Å². The molecule has 1 aromatic heterocycles. The van der Waals surface area contributed by atoms with Crippen LogP contribution in [0.15, 0.2) is 36.8 Å². The normalized spacial score (nSPS) is 12.1. The summed E-state index contributed by atoms with van der Waals surface area (Å²) in [5, 5.41) is 11.9. The van der Waals surface area contributed by atoms with Gasteiger partial charge in [-0.1, -0.05) is 12.1 Å². The van der Waals surface area contributed by atoms with Crippen molar-refractivity contribution in [2.75, 3.05) is 0 Å². The number of aromatic amines is 1. The molecule has 0 saturated carbocycles. The minimum absolute atomic E-state index is 0.195. The molecule has 0 spiro atoms. The lowest BCUT2D eigenvalue weighted by Gasteiger charge is -2.11. The van der Waals surface area contributed by atoms with Gasteiger partial charge in [-0.15, -0.1) is 0 Å². The van der Waals surface area contributed by atoms with E-state index in [-0.39, 0.29) is 11.7 Å². The first-order valence-electron chi connectivity index (χ1n) is 5.93. The van der Waals surface area contributed by atoms with Crippen LogP contribution in [0.25, 0.3) is 0 Å². The minimum atomic E-state index is -0.618. The van der Waals surface area contributed by atoms with Gasteiger partial charge in [0.1, 0.15) is 5.75 Å². The lowest BCUT2D eigenvalue weighted by Crippen LogP contribution is -2.41. The fourth-order valence-electron chi connectivity index (χ4n) is 1.67. The summed E-state index contributed by atoms with van der Waals surface area (Å²) in [6.07, 6.45) is 3.62. The lowest BCUT2D eigenvalue weighted by atomic mass is 10.1. The van der Waals surface area contributed by atoms with Crippen molar-refractivity contribution in [1.29, 1.82) is 0 Å². The van der Waals surface area contributed by atoms with Crippen LogP contribution in [0.3, 0.4) is 0 Å². The molecule has 0 aliphatic heterocycles. The van der Waals surface area contributed by atoms with E-state index in [2.05, 4.69) is 15.3 Å². The van der Waals surface area contributed by atoms with Crippen LogP contribution in [0, 0.1) is 0 Å². The largest absolute Gasteiger partial charge is 0.508 e. The molecule has 6 heteroatoms. The quantitative estimate of drug-likeness (QED) is 0.620. The van der Waals surface area contributed by atoms with Gasteiger partial charge in [-0.2, -0.15) is 0 Å². The van der Waals surface area contributed by atoms with E-state index in [1.54, 1.807) is 36.8 Å². The molecule has 19 heavy (non-hydrogen) atoms. The molecule has 0 radical (unpaired) electrons. The van der Waals surface area contributed by atoms with Gasteiger partial charge < -0.3 is 21.1 Å². The third kappa shape index (κ3) is 3.82. The van der Waals surface area contributed by atoms with E-state index in [0.29, 0.717) is 13.0 Å². The maximum Gasteiger partial charge on any atom is 0.237 e. The lowest BCUT2D eigenvalue weighted by molar-refractivity contribution is -0.122. The number of H-pyrrole nitrogens is 1. The van der Waals surface area contributed by atoms with Crippen molar-refractivity contribution >= 4 is 5.91 Å². The van der Waals surface area contributed by atoms with Gasteiger partial charge in [0, 0.05) is 6.20 Å². The Morgan fingerprint density at radius 1 is 1.42 bits per heavy atom. The van der Waals surface area contributed by atoms with Gasteiger partial charge in [-0.05, 0) is 24.1 Å². The number of rotatable bonds is 5. The second kappa shape index (κ2) is 6.01. The Hall–Kier alpha value is -2.34. The molecule has 1 heterocycles. The number of carbonyl (C=O) groups excluding carboxylic acids is 1. The molecule has 2 rings (SSSR count). The summed E-state index contributed by atoms with van der Waals surface area (Å²) in [7, 11) is 0. The highest BCUT2D eigenvalue weighted by atomic mass is 16.3. The van der Waals surface area contributed by atoms with Gasteiger partial charge in [0.15, 0.2) is 0 Å². The van der Waals surface area contributed by atoms with Crippen molar-refractivity contribution in [1.82, 2.24) is 15.3 Å². The zero-order valence-corrected chi connectivity index (χ0v) is 10.3. The second-order valence-electron chi connectivity index (χ2n) is 4.27. The second-order valence-corrected chi connectivity index (χ2v) is 4.27. The molecule has 100 valence electrons. The average Bonchev–Trinajstić information content (AvgIpc) is 2.91. The Bertz CT molecular complexity index is 522. The van der Waals surface area contributed by atoms with Crippen molar-refractivity contribution in [2.24, 2.45) is 5.73 Å². The Morgan fingerprint density at radius 3 is 2.79 bits per heavy atom. The Kier molecular flexibility index (Phi) is 4.15. The molecule has 6 nitrogen and oxygen atoms in total. The van der Waals surface area contributed by atoms with Crippen LogP contribution in [-0.4, -0.2) is 27.0 Å². The van der Waals surface area contributed by atoms with Crippen LogP contribution < -0.4 is 11.1 Å². The van der Waals surface area contributed by atoms with Gasteiger partial charge in [-0.3, -0.25) is 4.79 Å². The van der Waals surface area contributed by atoms with E-state index in [1.165, 1.54) is 0 Å². The summed E-state index contributed by atoms with van der Waals surface area (Å²) in [5.41, 5.74) is 7.56. The van der Waals surface area contributed by atoms with E-state index in [9.17, 15) is 4.79 Å². The van der Waals surface area contributed by atoms with Crippen LogP contribution in [-0.2, 0) is 17.8 Å². The number of phenolic OH excluding ortho intramolecular Hbond substituents is 1. The first kappa shape index (κ1) is 13.1. The number of aromatic nitrogens is 2. The molecule has 1 atom stereocenters. The summed E-state index contributed by atoms with van der Waals surface area (Å²) in [5.74, 6) is -0.0244. The van der Waals surface area contributed by atoms with Crippen LogP contribution in [0.1, 0.15) is 11.3 Å². The number of nitrogens with one attached hydrogen (secondary N) is 2. The third-order valence-corrected chi connectivity index (χ3v) is 2.74. The van der Waals surface area contributed by atoms with E-state index >= 15 is 0 Å². The van der Waals surface area contributed by atoms with Crippen LogP contribution >= 0.6 is 0 Å². The van der Waals surface area contributed by atoms with E-state index in [0.717, 1.165) is 11.3 Å². The molecule has 0 bridgehead atoms. The Balaban J connectivity index is 1.83. The highest BCUT2D eigenvalue weighted by Gasteiger charge is 2.13. The van der Waals surface area contributed by atoms with E-state index in [1.807, 2.05) is 0 Å². The Labute approximate surface area is 110 Å².